The van der Waals surface area contributed by atoms with E-state index < -0.39 is 11.2 Å². The largest absolute Gasteiger partial charge is 0.356 e. The van der Waals surface area contributed by atoms with Crippen molar-refractivity contribution in [2.24, 2.45) is 7.05 Å². The SMILES string of the molecule is Cc1ncsc1CCCNC(=O)Cc1c[nH]c(=O)n(C)c1=O. The van der Waals surface area contributed by atoms with Crippen LogP contribution in [0.5, 0.6) is 0 Å². The standard InChI is InChI=1S/C14H18N4O3S/c1-9-11(22-8-17-9)4-3-5-15-12(19)6-10-7-16-14(21)18(2)13(10)20/h7-8H,3-6H2,1-2H3,(H,15,19)(H,16,21). The highest BCUT2D eigenvalue weighted by atomic mass is 32.1. The van der Waals surface area contributed by atoms with Crippen molar-refractivity contribution in [3.8, 4) is 0 Å². The monoisotopic (exact) mass is 322 g/mol. The number of nitrogens with one attached hydrogen (secondary N) is 2. The van der Waals surface area contributed by atoms with Crippen LogP contribution in [0, 0.1) is 6.92 Å². The van der Waals surface area contributed by atoms with Gasteiger partial charge in [0.2, 0.25) is 5.91 Å². The Kier molecular flexibility index (Phi) is 5.26. The van der Waals surface area contributed by atoms with Gasteiger partial charge < -0.3 is 10.3 Å². The molecule has 0 saturated heterocycles. The first-order valence-corrected chi connectivity index (χ1v) is 7.80. The molecule has 0 fully saturated rings. The number of rotatable bonds is 6. The minimum atomic E-state index is -0.492. The molecular formula is C14H18N4O3S. The van der Waals surface area contributed by atoms with Gasteiger partial charge in [0.05, 0.1) is 17.6 Å². The van der Waals surface area contributed by atoms with Crippen molar-refractivity contribution in [3.63, 3.8) is 0 Å². The summed E-state index contributed by atoms with van der Waals surface area (Å²) >= 11 is 1.61. The summed E-state index contributed by atoms with van der Waals surface area (Å²) in [6.07, 6.45) is 2.95. The molecule has 0 saturated carbocycles. The van der Waals surface area contributed by atoms with Gasteiger partial charge in [0.15, 0.2) is 0 Å². The van der Waals surface area contributed by atoms with Gasteiger partial charge in [-0.2, -0.15) is 0 Å². The number of H-pyrrole nitrogens is 1. The summed E-state index contributed by atoms with van der Waals surface area (Å²) in [5.74, 6) is -0.231. The van der Waals surface area contributed by atoms with E-state index in [0.717, 1.165) is 23.1 Å². The molecule has 0 bridgehead atoms. The summed E-state index contributed by atoms with van der Waals surface area (Å²) in [6, 6.07) is 0. The smallest absolute Gasteiger partial charge is 0.328 e. The maximum Gasteiger partial charge on any atom is 0.328 e. The Morgan fingerprint density at radius 2 is 2.23 bits per heavy atom. The van der Waals surface area contributed by atoms with Crippen molar-refractivity contribution >= 4 is 17.2 Å². The Bertz CT molecular complexity index is 775. The summed E-state index contributed by atoms with van der Waals surface area (Å²) < 4.78 is 0.954. The van der Waals surface area contributed by atoms with Crippen LogP contribution in [-0.4, -0.2) is 27.0 Å². The lowest BCUT2D eigenvalue weighted by Gasteiger charge is -2.05. The number of amides is 1. The molecule has 8 heteroatoms. The van der Waals surface area contributed by atoms with Crippen molar-refractivity contribution in [1.29, 1.82) is 0 Å². The molecule has 2 rings (SSSR count). The van der Waals surface area contributed by atoms with E-state index in [9.17, 15) is 14.4 Å². The van der Waals surface area contributed by atoms with E-state index in [1.165, 1.54) is 18.1 Å². The number of carbonyl (C=O) groups is 1. The molecule has 2 heterocycles. The summed E-state index contributed by atoms with van der Waals surface area (Å²) in [4.78, 5) is 42.7. The van der Waals surface area contributed by atoms with Gasteiger partial charge in [0.1, 0.15) is 0 Å². The van der Waals surface area contributed by atoms with Crippen LogP contribution in [0.1, 0.15) is 22.6 Å². The maximum atomic E-state index is 11.8. The first-order chi connectivity index (χ1) is 10.5. The lowest BCUT2D eigenvalue weighted by molar-refractivity contribution is -0.120. The number of aryl methyl sites for hydroxylation is 2. The molecule has 0 aliphatic rings. The molecule has 1 amide bonds. The minimum Gasteiger partial charge on any atom is -0.356 e. The van der Waals surface area contributed by atoms with Gasteiger partial charge >= 0.3 is 5.69 Å². The average molecular weight is 322 g/mol. The summed E-state index contributed by atoms with van der Waals surface area (Å²) in [6.45, 7) is 2.51. The first-order valence-electron chi connectivity index (χ1n) is 6.92. The highest BCUT2D eigenvalue weighted by Gasteiger charge is 2.09. The first kappa shape index (κ1) is 16.2. The average Bonchev–Trinajstić information content (AvgIpc) is 2.90. The van der Waals surface area contributed by atoms with E-state index in [1.54, 1.807) is 11.3 Å². The Balaban J connectivity index is 1.81. The van der Waals surface area contributed by atoms with Crippen LogP contribution in [0.4, 0.5) is 0 Å². The number of carbonyl (C=O) groups excluding carboxylic acids is 1. The fourth-order valence-corrected chi connectivity index (χ4v) is 2.84. The zero-order valence-electron chi connectivity index (χ0n) is 12.5. The van der Waals surface area contributed by atoms with E-state index in [-0.39, 0.29) is 17.9 Å². The normalized spacial score (nSPS) is 10.6. The number of hydrogen-bond acceptors (Lipinski definition) is 5. The lowest BCUT2D eigenvalue weighted by atomic mass is 10.2. The molecule has 2 N–H and O–H groups in total. The molecule has 0 unspecified atom stereocenters. The van der Waals surface area contributed by atoms with E-state index in [4.69, 9.17) is 0 Å². The minimum absolute atomic E-state index is 0.0387. The van der Waals surface area contributed by atoms with Crippen LogP contribution in [-0.2, 0) is 24.7 Å². The predicted molar refractivity (Wildman–Crippen MR) is 84.2 cm³/mol. The number of hydrogen-bond donors (Lipinski definition) is 2. The molecule has 0 aromatic carbocycles. The Morgan fingerprint density at radius 3 is 2.91 bits per heavy atom. The van der Waals surface area contributed by atoms with Gasteiger partial charge in [-0.15, -0.1) is 11.3 Å². The van der Waals surface area contributed by atoms with E-state index in [0.29, 0.717) is 6.54 Å². The highest BCUT2D eigenvalue weighted by molar-refractivity contribution is 7.09. The number of thiazole rings is 1. The predicted octanol–water partition coefficient (Wildman–Crippen LogP) is 0.130. The molecule has 7 nitrogen and oxygen atoms in total. The van der Waals surface area contributed by atoms with Crippen LogP contribution in [0.3, 0.4) is 0 Å². The van der Waals surface area contributed by atoms with Crippen LogP contribution in [0.2, 0.25) is 0 Å². The van der Waals surface area contributed by atoms with Crippen LogP contribution < -0.4 is 16.6 Å². The van der Waals surface area contributed by atoms with Crippen molar-refractivity contribution < 1.29 is 4.79 Å². The van der Waals surface area contributed by atoms with Crippen LogP contribution >= 0.6 is 11.3 Å². The Labute approximate surface area is 131 Å². The van der Waals surface area contributed by atoms with Crippen LogP contribution in [0.25, 0.3) is 0 Å². The fourth-order valence-electron chi connectivity index (χ4n) is 2.02. The zero-order valence-corrected chi connectivity index (χ0v) is 13.3. The highest BCUT2D eigenvalue weighted by Crippen LogP contribution is 2.13. The second-order valence-electron chi connectivity index (χ2n) is 4.97. The van der Waals surface area contributed by atoms with Crippen molar-refractivity contribution in [2.45, 2.75) is 26.2 Å². The van der Waals surface area contributed by atoms with E-state index >= 15 is 0 Å². The van der Waals surface area contributed by atoms with Gasteiger partial charge in [-0.25, -0.2) is 9.78 Å². The second-order valence-corrected chi connectivity index (χ2v) is 5.91. The molecule has 0 radical (unpaired) electrons. The second kappa shape index (κ2) is 7.17. The van der Waals surface area contributed by atoms with E-state index in [1.807, 2.05) is 12.4 Å². The summed E-state index contributed by atoms with van der Waals surface area (Å²) in [5, 5.41) is 2.78. The van der Waals surface area contributed by atoms with Crippen molar-refractivity contribution in [2.75, 3.05) is 6.54 Å². The van der Waals surface area contributed by atoms with Gasteiger partial charge in [0.25, 0.3) is 5.56 Å². The fraction of sp³-hybridized carbons (Fsp3) is 0.429. The molecule has 2 aromatic rings. The van der Waals surface area contributed by atoms with Gasteiger partial charge in [-0.1, -0.05) is 0 Å². The maximum absolute atomic E-state index is 11.8. The zero-order chi connectivity index (χ0) is 16.1. The molecule has 0 atom stereocenters. The van der Waals surface area contributed by atoms with Gasteiger partial charge in [0, 0.05) is 30.2 Å². The third-order valence-corrected chi connectivity index (χ3v) is 4.35. The van der Waals surface area contributed by atoms with E-state index in [2.05, 4.69) is 15.3 Å². The molecule has 0 aliphatic heterocycles. The quantitative estimate of drug-likeness (QED) is 0.739. The number of aromatic nitrogens is 3. The number of nitrogens with zero attached hydrogens (tertiary/aromatic N) is 2. The molecule has 0 spiro atoms. The molecule has 2 aromatic heterocycles. The van der Waals surface area contributed by atoms with Crippen molar-refractivity contribution in [1.82, 2.24) is 19.9 Å². The number of aromatic amines is 1. The summed E-state index contributed by atoms with van der Waals surface area (Å²) in [5.41, 5.74) is 2.19. The van der Waals surface area contributed by atoms with Gasteiger partial charge in [-0.05, 0) is 19.8 Å². The Hall–Kier alpha value is -2.22. The third-order valence-electron chi connectivity index (χ3n) is 3.35. The summed E-state index contributed by atoms with van der Waals surface area (Å²) in [7, 11) is 1.37. The van der Waals surface area contributed by atoms with Crippen molar-refractivity contribution in [3.05, 3.63) is 48.7 Å². The topological polar surface area (TPSA) is 96.8 Å². The third kappa shape index (κ3) is 3.91. The lowest BCUT2D eigenvalue weighted by Crippen LogP contribution is -2.36. The van der Waals surface area contributed by atoms with Gasteiger partial charge in [-0.3, -0.25) is 14.2 Å². The molecule has 22 heavy (non-hydrogen) atoms. The molecule has 0 aliphatic carbocycles. The Morgan fingerprint density at radius 1 is 1.45 bits per heavy atom. The van der Waals surface area contributed by atoms with Crippen LogP contribution in [0.15, 0.2) is 21.3 Å². The molecular weight excluding hydrogens is 304 g/mol. The molecule has 118 valence electrons.